The van der Waals surface area contributed by atoms with Gasteiger partial charge in [-0.25, -0.2) is 22.6 Å². The van der Waals surface area contributed by atoms with Gasteiger partial charge in [0.15, 0.2) is 0 Å². The molecule has 176 valence electrons. The summed E-state index contributed by atoms with van der Waals surface area (Å²) in [4.78, 5) is 18.8. The normalized spacial score (nSPS) is 12.2. The highest BCUT2D eigenvalue weighted by atomic mass is 35.5. The fourth-order valence-corrected chi connectivity index (χ4v) is 4.95. The molecule has 0 saturated carbocycles. The van der Waals surface area contributed by atoms with Gasteiger partial charge >= 0.3 is 6.09 Å². The van der Waals surface area contributed by atoms with Gasteiger partial charge in [0.05, 0.1) is 23.0 Å². The lowest BCUT2D eigenvalue weighted by Gasteiger charge is -2.30. The average Bonchev–Trinajstić information content (AvgIpc) is 3.28. The number of nitrogens with one attached hydrogen (secondary N) is 2. The van der Waals surface area contributed by atoms with Gasteiger partial charge in [0.25, 0.3) is 10.0 Å². The molecule has 1 amide bonds. The number of rotatable bonds is 9. The Morgan fingerprint density at radius 1 is 1.21 bits per heavy atom. The van der Waals surface area contributed by atoms with Crippen molar-refractivity contribution in [1.29, 1.82) is 0 Å². The molecule has 8 nitrogen and oxygen atoms in total. The van der Waals surface area contributed by atoms with E-state index in [4.69, 9.17) is 27.9 Å². The Morgan fingerprint density at radius 2 is 1.91 bits per heavy atom. The number of aromatic nitrogens is 2. The molecule has 0 radical (unpaired) electrons. The highest BCUT2D eigenvalue weighted by Crippen LogP contribution is 2.31. The van der Waals surface area contributed by atoms with Gasteiger partial charge in [0.1, 0.15) is 12.4 Å². The summed E-state index contributed by atoms with van der Waals surface area (Å²) in [7, 11) is -4.25. The minimum absolute atomic E-state index is 0.109. The number of ether oxygens (including phenoxy) is 1. The number of alkyl carbamates (subject to hydrolysis) is 1. The van der Waals surface area contributed by atoms with Crippen molar-refractivity contribution in [2.75, 3.05) is 17.5 Å². The summed E-state index contributed by atoms with van der Waals surface area (Å²) in [5.41, 5.74) is 0.563. The van der Waals surface area contributed by atoms with E-state index in [2.05, 4.69) is 15.3 Å². The quantitative estimate of drug-likeness (QED) is 0.440. The molecule has 0 aliphatic carbocycles. The number of nitrogens with zero attached hydrogens (tertiary/aromatic N) is 2. The van der Waals surface area contributed by atoms with Crippen LogP contribution in [-0.4, -0.2) is 43.7 Å². The smallest absolute Gasteiger partial charge is 0.407 e. The molecule has 2 aromatic carbocycles. The van der Waals surface area contributed by atoms with E-state index in [9.17, 15) is 17.6 Å². The monoisotopic (exact) mass is 514 g/mol. The van der Waals surface area contributed by atoms with Crippen LogP contribution in [0.4, 0.5) is 14.9 Å². The number of sulfonamides is 1. The summed E-state index contributed by atoms with van der Waals surface area (Å²) in [6.45, 7) is 1.44. The number of anilines is 1. The van der Waals surface area contributed by atoms with Crippen molar-refractivity contribution >= 4 is 45.0 Å². The van der Waals surface area contributed by atoms with Crippen molar-refractivity contribution in [2.45, 2.75) is 24.3 Å². The number of halogens is 3. The second-order valence-electron chi connectivity index (χ2n) is 7.05. The van der Waals surface area contributed by atoms with Gasteiger partial charge in [-0.15, -0.1) is 0 Å². The van der Waals surface area contributed by atoms with Crippen LogP contribution in [-0.2, 0) is 21.2 Å². The predicted molar refractivity (Wildman–Crippen MR) is 124 cm³/mol. The zero-order valence-corrected chi connectivity index (χ0v) is 19.8. The number of hydrogen-bond acceptors (Lipinski definition) is 5. The van der Waals surface area contributed by atoms with E-state index in [0.717, 1.165) is 16.1 Å². The molecule has 1 atom stereocenters. The van der Waals surface area contributed by atoms with Crippen LogP contribution in [0.3, 0.4) is 0 Å². The van der Waals surface area contributed by atoms with Crippen LogP contribution in [0.25, 0.3) is 0 Å². The Hall–Kier alpha value is -2.82. The van der Waals surface area contributed by atoms with Crippen molar-refractivity contribution in [3.8, 4) is 0 Å². The lowest BCUT2D eigenvalue weighted by molar-refractivity contribution is 0.141. The molecule has 3 rings (SSSR count). The molecular formula is C21H21Cl2FN4O4S. The minimum Gasteiger partial charge on any atom is -0.447 e. The molecule has 33 heavy (non-hydrogen) atoms. The third kappa shape index (κ3) is 6.37. The SMILES string of the molecule is C[C@H](COC(=O)NCCc1cnc[nH]1)N(c1cc(Cl)ccc1F)S(=O)(=O)c1ccc(Cl)cc1. The van der Waals surface area contributed by atoms with E-state index in [1.807, 2.05) is 0 Å². The highest BCUT2D eigenvalue weighted by Gasteiger charge is 2.32. The molecule has 0 bridgehead atoms. The fourth-order valence-electron chi connectivity index (χ4n) is 3.01. The first-order valence-electron chi connectivity index (χ1n) is 9.81. The first kappa shape index (κ1) is 24.8. The van der Waals surface area contributed by atoms with Gasteiger partial charge in [0, 0.05) is 34.9 Å². The van der Waals surface area contributed by atoms with Gasteiger partial charge < -0.3 is 15.0 Å². The fraction of sp³-hybridized carbons (Fsp3) is 0.238. The standard InChI is InChI=1S/C21H21Cl2FN4O4S/c1-14(12-32-21(29)26-9-8-17-11-25-13-27-17)28(20-10-16(23)4-7-19(20)24)33(30,31)18-5-2-15(22)3-6-18/h2-7,10-11,13-14H,8-9,12H2,1H3,(H,25,27)(H,26,29)/t14-/m1/s1. The van der Waals surface area contributed by atoms with Gasteiger partial charge in [0.2, 0.25) is 0 Å². The summed E-state index contributed by atoms with van der Waals surface area (Å²) in [6.07, 6.45) is 2.93. The number of carbonyl (C=O) groups excluding carboxylic acids is 1. The molecule has 12 heteroatoms. The van der Waals surface area contributed by atoms with E-state index in [1.165, 1.54) is 49.6 Å². The molecule has 0 aliphatic heterocycles. The van der Waals surface area contributed by atoms with Crippen LogP contribution in [0, 0.1) is 5.82 Å². The van der Waals surface area contributed by atoms with Crippen LogP contribution in [0.2, 0.25) is 10.0 Å². The summed E-state index contributed by atoms with van der Waals surface area (Å²) >= 11 is 11.9. The van der Waals surface area contributed by atoms with Crippen molar-refractivity contribution in [1.82, 2.24) is 15.3 Å². The number of amides is 1. The first-order chi connectivity index (χ1) is 15.7. The van der Waals surface area contributed by atoms with Gasteiger partial charge in [-0.1, -0.05) is 23.2 Å². The largest absolute Gasteiger partial charge is 0.447 e. The number of benzene rings is 2. The second kappa shape index (κ2) is 10.9. The summed E-state index contributed by atoms with van der Waals surface area (Å²) in [5.74, 6) is -0.798. The predicted octanol–water partition coefficient (Wildman–Crippen LogP) is 4.41. The summed E-state index contributed by atoms with van der Waals surface area (Å²) in [5, 5.41) is 3.06. The Bertz CT molecular complexity index is 1190. The molecule has 0 saturated heterocycles. The number of aromatic amines is 1. The van der Waals surface area contributed by atoms with Crippen molar-refractivity contribution in [3.05, 3.63) is 76.5 Å². The summed E-state index contributed by atoms with van der Waals surface area (Å²) < 4.78 is 47.5. The lowest BCUT2D eigenvalue weighted by Crippen LogP contribution is -2.43. The molecule has 0 spiro atoms. The summed E-state index contributed by atoms with van der Waals surface area (Å²) in [6, 6.07) is 8.05. The van der Waals surface area contributed by atoms with E-state index in [0.29, 0.717) is 11.4 Å². The lowest BCUT2D eigenvalue weighted by atomic mass is 10.2. The Kier molecular flexibility index (Phi) is 8.17. The van der Waals surface area contributed by atoms with Crippen molar-refractivity contribution in [2.24, 2.45) is 0 Å². The molecular weight excluding hydrogens is 494 g/mol. The number of imidazole rings is 1. The third-order valence-electron chi connectivity index (χ3n) is 4.59. The molecule has 0 unspecified atom stereocenters. The van der Waals surface area contributed by atoms with Gasteiger partial charge in [-0.3, -0.25) is 4.31 Å². The molecule has 0 fully saturated rings. The van der Waals surface area contributed by atoms with Crippen molar-refractivity contribution < 1.29 is 22.3 Å². The molecule has 3 aromatic rings. The number of carbonyl (C=O) groups is 1. The number of hydrogen-bond donors (Lipinski definition) is 2. The van der Waals surface area contributed by atoms with Crippen LogP contribution in [0.5, 0.6) is 0 Å². The molecule has 0 aliphatic rings. The second-order valence-corrected chi connectivity index (χ2v) is 9.74. The van der Waals surface area contributed by atoms with E-state index < -0.39 is 28.0 Å². The van der Waals surface area contributed by atoms with Gasteiger partial charge in [-0.2, -0.15) is 0 Å². The maximum atomic E-state index is 14.7. The Balaban J connectivity index is 1.78. The van der Waals surface area contributed by atoms with Crippen LogP contribution < -0.4 is 9.62 Å². The van der Waals surface area contributed by atoms with E-state index >= 15 is 0 Å². The zero-order chi connectivity index (χ0) is 24.0. The minimum atomic E-state index is -4.25. The van der Waals surface area contributed by atoms with E-state index in [-0.39, 0.29) is 28.8 Å². The Morgan fingerprint density at radius 3 is 2.58 bits per heavy atom. The van der Waals surface area contributed by atoms with Crippen LogP contribution >= 0.6 is 23.2 Å². The van der Waals surface area contributed by atoms with Crippen molar-refractivity contribution in [3.63, 3.8) is 0 Å². The Labute approximate surface area is 200 Å². The van der Waals surface area contributed by atoms with Gasteiger partial charge in [-0.05, 0) is 49.4 Å². The average molecular weight is 515 g/mol. The van der Waals surface area contributed by atoms with E-state index in [1.54, 1.807) is 6.20 Å². The highest BCUT2D eigenvalue weighted by molar-refractivity contribution is 7.92. The maximum absolute atomic E-state index is 14.7. The third-order valence-corrected chi connectivity index (χ3v) is 7.02. The zero-order valence-electron chi connectivity index (χ0n) is 17.5. The van der Waals surface area contributed by atoms with Crippen LogP contribution in [0.15, 0.2) is 59.9 Å². The van der Waals surface area contributed by atoms with Crippen LogP contribution in [0.1, 0.15) is 12.6 Å². The number of H-pyrrole nitrogens is 1. The molecule has 1 aromatic heterocycles. The molecule has 1 heterocycles. The molecule has 2 N–H and O–H groups in total. The maximum Gasteiger partial charge on any atom is 0.407 e. The first-order valence-corrected chi connectivity index (χ1v) is 12.0. The topological polar surface area (TPSA) is 104 Å².